The molecule has 1 aromatic carbocycles. The standard InChI is InChI=1S/C18H17Cl3IN3O3/c1-16(2,3)10-4-6-12-13(8-10)28-18(27-12,17(19,20)21)25-15(26)24-14-7-5-11(22)9-23-14/h4-9H,1-3H3,(H2,23,24,25,26)/t18-/m1/s1. The lowest BCUT2D eigenvalue weighted by Crippen LogP contribution is -2.64. The van der Waals surface area contributed by atoms with Crippen LogP contribution in [0, 0.1) is 3.57 Å². The van der Waals surface area contributed by atoms with Gasteiger partial charge in [-0.05, 0) is 57.8 Å². The summed E-state index contributed by atoms with van der Waals surface area (Å²) in [4.78, 5) is 16.6. The summed E-state index contributed by atoms with van der Waals surface area (Å²) >= 11 is 20.4. The third kappa shape index (κ3) is 4.53. The fourth-order valence-electron chi connectivity index (χ4n) is 2.45. The van der Waals surface area contributed by atoms with Gasteiger partial charge in [-0.1, -0.05) is 61.6 Å². The van der Waals surface area contributed by atoms with Gasteiger partial charge in [-0.2, -0.15) is 0 Å². The van der Waals surface area contributed by atoms with E-state index in [2.05, 4.69) is 59.0 Å². The Bertz CT molecular complexity index is 898. The fourth-order valence-corrected chi connectivity index (χ4v) is 3.15. The van der Waals surface area contributed by atoms with Crippen molar-refractivity contribution in [1.29, 1.82) is 0 Å². The van der Waals surface area contributed by atoms with Crippen LogP contribution in [0.5, 0.6) is 11.5 Å². The number of aromatic nitrogens is 1. The van der Waals surface area contributed by atoms with E-state index in [1.165, 1.54) is 0 Å². The van der Waals surface area contributed by atoms with Crippen LogP contribution >= 0.6 is 57.4 Å². The summed E-state index contributed by atoms with van der Waals surface area (Å²) in [7, 11) is 0. The van der Waals surface area contributed by atoms with Gasteiger partial charge in [0.2, 0.25) is 0 Å². The second kappa shape index (κ2) is 7.59. The SMILES string of the molecule is CC(C)(C)c1ccc2c(c1)O[C@@](NC(=O)Nc1ccc(I)cn1)(C(Cl)(Cl)Cl)O2. The number of carbonyl (C=O) groups excluding carboxylic acids is 1. The van der Waals surface area contributed by atoms with Crippen molar-refractivity contribution in [2.75, 3.05) is 5.32 Å². The number of benzene rings is 1. The molecule has 0 unspecified atom stereocenters. The van der Waals surface area contributed by atoms with Crippen LogP contribution in [0.15, 0.2) is 36.5 Å². The van der Waals surface area contributed by atoms with Crippen molar-refractivity contribution in [3.8, 4) is 11.5 Å². The normalized spacial score (nSPS) is 18.7. The van der Waals surface area contributed by atoms with Gasteiger partial charge in [0.25, 0.3) is 3.79 Å². The van der Waals surface area contributed by atoms with Gasteiger partial charge in [-0.25, -0.2) is 9.78 Å². The first-order valence-electron chi connectivity index (χ1n) is 8.20. The van der Waals surface area contributed by atoms with Crippen LogP contribution in [0.2, 0.25) is 0 Å². The molecular formula is C18H17Cl3IN3O3. The van der Waals surface area contributed by atoms with Gasteiger partial charge in [-0.15, -0.1) is 0 Å². The van der Waals surface area contributed by atoms with Crippen LogP contribution in [0.1, 0.15) is 26.3 Å². The van der Waals surface area contributed by atoms with Crippen LogP contribution in [-0.4, -0.2) is 20.7 Å². The molecule has 0 aliphatic carbocycles. The van der Waals surface area contributed by atoms with E-state index in [-0.39, 0.29) is 5.41 Å². The molecule has 0 saturated carbocycles. The summed E-state index contributed by atoms with van der Waals surface area (Å²) in [5.74, 6) is -0.995. The first-order valence-corrected chi connectivity index (χ1v) is 10.4. The molecule has 1 aliphatic heterocycles. The van der Waals surface area contributed by atoms with E-state index in [0.29, 0.717) is 17.3 Å². The van der Waals surface area contributed by atoms with Crippen molar-refractivity contribution < 1.29 is 14.3 Å². The van der Waals surface area contributed by atoms with Crippen LogP contribution in [0.25, 0.3) is 0 Å². The number of urea groups is 1. The monoisotopic (exact) mass is 555 g/mol. The molecule has 6 nitrogen and oxygen atoms in total. The Morgan fingerprint density at radius 2 is 1.79 bits per heavy atom. The summed E-state index contributed by atoms with van der Waals surface area (Å²) in [5, 5.41) is 5.02. The molecule has 2 aromatic rings. The number of hydrogen-bond acceptors (Lipinski definition) is 4. The van der Waals surface area contributed by atoms with Gasteiger partial charge in [-0.3, -0.25) is 10.6 Å². The molecule has 0 bridgehead atoms. The van der Waals surface area contributed by atoms with Gasteiger partial charge < -0.3 is 9.47 Å². The van der Waals surface area contributed by atoms with E-state index in [9.17, 15) is 4.79 Å². The molecule has 1 aliphatic rings. The number of fused-ring (bicyclic) bond motifs is 1. The number of pyridine rings is 1. The summed E-state index contributed by atoms with van der Waals surface area (Å²) in [6, 6.07) is 8.14. The Morgan fingerprint density at radius 1 is 1.11 bits per heavy atom. The number of rotatable bonds is 2. The minimum absolute atomic E-state index is 0.120. The number of nitrogens with one attached hydrogen (secondary N) is 2. The topological polar surface area (TPSA) is 72.5 Å². The Kier molecular flexibility index (Phi) is 5.84. The van der Waals surface area contributed by atoms with Crippen LogP contribution in [0.4, 0.5) is 10.6 Å². The summed E-state index contributed by atoms with van der Waals surface area (Å²) in [6.07, 6.45) is 1.60. The molecule has 1 aromatic heterocycles. The van der Waals surface area contributed by atoms with Gasteiger partial charge in [0.1, 0.15) is 5.82 Å². The molecule has 2 N–H and O–H groups in total. The number of carbonyl (C=O) groups is 1. The molecule has 150 valence electrons. The van der Waals surface area contributed by atoms with E-state index in [4.69, 9.17) is 44.3 Å². The predicted octanol–water partition coefficient (Wildman–Crippen LogP) is 5.60. The number of halogens is 4. The quantitative estimate of drug-likeness (QED) is 0.373. The zero-order valence-corrected chi connectivity index (χ0v) is 19.6. The Morgan fingerprint density at radius 3 is 2.36 bits per heavy atom. The molecular weight excluding hydrogens is 539 g/mol. The number of nitrogens with zero attached hydrogens (tertiary/aromatic N) is 1. The summed E-state index contributed by atoms with van der Waals surface area (Å²) in [6.45, 7) is 6.19. The third-order valence-electron chi connectivity index (χ3n) is 3.94. The average molecular weight is 557 g/mol. The molecule has 2 heterocycles. The zero-order valence-electron chi connectivity index (χ0n) is 15.1. The summed E-state index contributed by atoms with van der Waals surface area (Å²) in [5.41, 5.74) is 0.882. The lowest BCUT2D eigenvalue weighted by atomic mass is 9.87. The molecule has 2 amide bonds. The molecule has 0 fully saturated rings. The Labute approximate surface area is 191 Å². The van der Waals surface area contributed by atoms with Crippen LogP contribution < -0.4 is 20.1 Å². The van der Waals surface area contributed by atoms with E-state index in [1.807, 2.05) is 6.07 Å². The molecule has 0 saturated heterocycles. The zero-order chi connectivity index (χ0) is 20.7. The number of anilines is 1. The maximum atomic E-state index is 12.5. The van der Waals surface area contributed by atoms with Crippen molar-refractivity contribution in [3.63, 3.8) is 0 Å². The van der Waals surface area contributed by atoms with Gasteiger partial charge in [0.05, 0.1) is 0 Å². The molecule has 1 atom stereocenters. The van der Waals surface area contributed by atoms with E-state index in [1.54, 1.807) is 30.5 Å². The second-order valence-corrected chi connectivity index (χ2v) is 10.7. The van der Waals surface area contributed by atoms with Gasteiger partial charge in [0, 0.05) is 9.77 Å². The lowest BCUT2D eigenvalue weighted by Gasteiger charge is -2.33. The smallest absolute Gasteiger partial charge is 0.389 e. The van der Waals surface area contributed by atoms with E-state index in [0.717, 1.165) is 9.13 Å². The molecule has 3 rings (SSSR count). The lowest BCUT2D eigenvalue weighted by molar-refractivity contribution is -0.0922. The highest BCUT2D eigenvalue weighted by Crippen LogP contribution is 2.49. The Balaban J connectivity index is 1.84. The van der Waals surface area contributed by atoms with Crippen molar-refractivity contribution >= 4 is 69.2 Å². The largest absolute Gasteiger partial charge is 0.428 e. The van der Waals surface area contributed by atoms with Crippen molar-refractivity contribution in [1.82, 2.24) is 10.3 Å². The molecule has 0 spiro atoms. The molecule has 0 radical (unpaired) electrons. The van der Waals surface area contributed by atoms with E-state index >= 15 is 0 Å². The second-order valence-electron chi connectivity index (χ2n) is 7.17. The summed E-state index contributed by atoms with van der Waals surface area (Å²) < 4.78 is 10.4. The molecule has 28 heavy (non-hydrogen) atoms. The minimum atomic E-state index is -2.12. The average Bonchev–Trinajstić information content (AvgIpc) is 2.94. The highest BCUT2D eigenvalue weighted by molar-refractivity contribution is 14.1. The fraction of sp³-hybridized carbons (Fsp3) is 0.333. The van der Waals surface area contributed by atoms with Crippen LogP contribution in [-0.2, 0) is 5.41 Å². The first kappa shape index (κ1) is 21.5. The minimum Gasteiger partial charge on any atom is -0.428 e. The Hall–Kier alpha value is -1.16. The van der Waals surface area contributed by atoms with Gasteiger partial charge >= 0.3 is 11.9 Å². The third-order valence-corrected chi connectivity index (χ3v) is 5.32. The van der Waals surface area contributed by atoms with Crippen molar-refractivity contribution in [2.45, 2.75) is 35.9 Å². The van der Waals surface area contributed by atoms with Gasteiger partial charge in [0.15, 0.2) is 11.5 Å². The predicted molar refractivity (Wildman–Crippen MR) is 119 cm³/mol. The highest BCUT2D eigenvalue weighted by Gasteiger charge is 2.59. The van der Waals surface area contributed by atoms with E-state index < -0.39 is 15.7 Å². The maximum Gasteiger partial charge on any atom is 0.389 e. The van der Waals surface area contributed by atoms with Crippen molar-refractivity contribution in [3.05, 3.63) is 45.7 Å². The number of ether oxygens (including phenoxy) is 2. The van der Waals surface area contributed by atoms with Crippen LogP contribution in [0.3, 0.4) is 0 Å². The number of hydrogen-bond donors (Lipinski definition) is 2. The highest BCUT2D eigenvalue weighted by atomic mass is 127. The number of amides is 2. The number of alkyl halides is 3. The first-order chi connectivity index (χ1) is 12.9. The van der Waals surface area contributed by atoms with Crippen molar-refractivity contribution in [2.24, 2.45) is 0 Å². The maximum absolute atomic E-state index is 12.5. The molecule has 10 heteroatoms.